The van der Waals surface area contributed by atoms with Gasteiger partial charge >= 0.3 is 0 Å². The van der Waals surface area contributed by atoms with E-state index in [2.05, 4.69) is 5.10 Å². The molecule has 140 valence electrons. The Morgan fingerprint density at radius 1 is 1.15 bits per heavy atom. The molecule has 0 N–H and O–H groups in total. The molecule has 1 aromatic heterocycles. The van der Waals surface area contributed by atoms with Crippen molar-refractivity contribution in [2.45, 2.75) is 31.7 Å². The van der Waals surface area contributed by atoms with E-state index in [1.54, 1.807) is 41.0 Å². The van der Waals surface area contributed by atoms with Gasteiger partial charge in [0.2, 0.25) is 15.9 Å². The molecule has 1 aliphatic rings. The van der Waals surface area contributed by atoms with E-state index >= 15 is 0 Å². The molecule has 8 heteroatoms. The number of aryl methyl sites for hydroxylation is 2. The van der Waals surface area contributed by atoms with E-state index in [9.17, 15) is 13.2 Å². The number of nitrogens with zero attached hydrogens (tertiary/aromatic N) is 4. The van der Waals surface area contributed by atoms with Crippen LogP contribution in [0.5, 0.6) is 0 Å². The fourth-order valence-electron chi connectivity index (χ4n) is 3.26. The summed E-state index contributed by atoms with van der Waals surface area (Å²) in [5, 5.41) is 4.11. The average Bonchev–Trinajstić information content (AvgIpc) is 3.15. The molecule has 0 spiro atoms. The number of aromatic nitrogens is 2. The van der Waals surface area contributed by atoms with Gasteiger partial charge in [0.1, 0.15) is 6.04 Å². The molecule has 0 bridgehead atoms. The van der Waals surface area contributed by atoms with Gasteiger partial charge in [0.25, 0.3) is 0 Å². The highest BCUT2D eigenvalue weighted by Crippen LogP contribution is 2.22. The second-order valence-electron chi connectivity index (χ2n) is 6.66. The van der Waals surface area contributed by atoms with E-state index < -0.39 is 16.1 Å². The molecule has 3 rings (SSSR count). The van der Waals surface area contributed by atoms with Crippen LogP contribution in [-0.4, -0.2) is 59.5 Å². The van der Waals surface area contributed by atoms with Crippen molar-refractivity contribution in [2.75, 3.05) is 26.2 Å². The largest absolute Gasteiger partial charge is 0.338 e. The fourth-order valence-corrected chi connectivity index (χ4v) is 4.89. The summed E-state index contributed by atoms with van der Waals surface area (Å²) >= 11 is 0. The molecule has 1 atom stereocenters. The maximum Gasteiger partial charge on any atom is 0.247 e. The first kappa shape index (κ1) is 18.6. The number of piperazine rings is 1. The molecular weight excluding hydrogens is 352 g/mol. The van der Waals surface area contributed by atoms with Crippen molar-refractivity contribution in [3.8, 4) is 0 Å². The van der Waals surface area contributed by atoms with E-state index in [0.29, 0.717) is 31.1 Å². The van der Waals surface area contributed by atoms with Gasteiger partial charge in [0, 0.05) is 38.6 Å². The van der Waals surface area contributed by atoms with Crippen molar-refractivity contribution in [2.24, 2.45) is 0 Å². The summed E-state index contributed by atoms with van der Waals surface area (Å²) in [6.45, 7) is 6.91. The van der Waals surface area contributed by atoms with Gasteiger partial charge in [-0.3, -0.25) is 9.48 Å². The van der Waals surface area contributed by atoms with Gasteiger partial charge < -0.3 is 4.90 Å². The highest BCUT2D eigenvalue weighted by molar-refractivity contribution is 7.89. The molecule has 1 unspecified atom stereocenters. The maximum absolute atomic E-state index is 12.9. The molecule has 1 fully saturated rings. The Balaban J connectivity index is 1.69. The molecule has 0 aliphatic carbocycles. The number of sulfonamides is 1. The number of benzene rings is 1. The Bertz CT molecular complexity index is 885. The van der Waals surface area contributed by atoms with Gasteiger partial charge in [-0.1, -0.05) is 17.7 Å². The van der Waals surface area contributed by atoms with Crippen molar-refractivity contribution >= 4 is 15.9 Å². The number of carbonyl (C=O) groups excluding carboxylic acids is 1. The zero-order valence-corrected chi connectivity index (χ0v) is 16.1. The summed E-state index contributed by atoms with van der Waals surface area (Å²) in [6, 6.07) is 6.73. The van der Waals surface area contributed by atoms with Gasteiger partial charge in [-0.15, -0.1) is 0 Å². The predicted octanol–water partition coefficient (Wildman–Crippen LogP) is 1.59. The van der Waals surface area contributed by atoms with Crippen LogP contribution in [0.4, 0.5) is 0 Å². The van der Waals surface area contributed by atoms with Gasteiger partial charge in [-0.25, -0.2) is 8.42 Å². The molecule has 26 heavy (non-hydrogen) atoms. The lowest BCUT2D eigenvalue weighted by Gasteiger charge is -2.35. The number of hydrogen-bond donors (Lipinski definition) is 0. The summed E-state index contributed by atoms with van der Waals surface area (Å²) in [6.07, 6.45) is 3.39. The third-order valence-electron chi connectivity index (χ3n) is 4.78. The van der Waals surface area contributed by atoms with Crippen LogP contribution in [0.25, 0.3) is 0 Å². The summed E-state index contributed by atoms with van der Waals surface area (Å²) in [4.78, 5) is 14.7. The number of amides is 1. The van der Waals surface area contributed by atoms with Crippen molar-refractivity contribution in [1.29, 1.82) is 0 Å². The van der Waals surface area contributed by atoms with Crippen LogP contribution in [0.1, 0.15) is 24.1 Å². The van der Waals surface area contributed by atoms with Crippen LogP contribution in [-0.2, 0) is 14.8 Å². The van der Waals surface area contributed by atoms with Crippen LogP contribution in [0.15, 0.2) is 41.6 Å². The van der Waals surface area contributed by atoms with E-state index in [4.69, 9.17) is 0 Å². The molecule has 2 heterocycles. The van der Waals surface area contributed by atoms with Crippen LogP contribution in [0.2, 0.25) is 0 Å². The quantitative estimate of drug-likeness (QED) is 0.812. The SMILES string of the molecule is Cc1ccc(S(=O)(=O)N2CCN(C(=O)C(C)n3cccn3)CC2)c(C)c1. The Labute approximate surface area is 154 Å². The first-order chi connectivity index (χ1) is 12.3. The van der Waals surface area contributed by atoms with Gasteiger partial charge in [0.05, 0.1) is 4.90 Å². The first-order valence-electron chi connectivity index (χ1n) is 8.66. The Morgan fingerprint density at radius 2 is 1.85 bits per heavy atom. The van der Waals surface area contributed by atoms with Crippen LogP contribution < -0.4 is 0 Å². The molecule has 1 amide bonds. The highest BCUT2D eigenvalue weighted by atomic mass is 32.2. The molecule has 1 aromatic carbocycles. The van der Waals surface area contributed by atoms with Gasteiger partial charge in [-0.05, 0) is 38.5 Å². The maximum atomic E-state index is 12.9. The Kier molecular flexibility index (Phi) is 5.15. The lowest BCUT2D eigenvalue weighted by molar-refractivity contribution is -0.135. The number of rotatable bonds is 4. The molecular formula is C18H24N4O3S. The van der Waals surface area contributed by atoms with E-state index in [1.165, 1.54) is 4.31 Å². The van der Waals surface area contributed by atoms with Crippen molar-refractivity contribution in [3.63, 3.8) is 0 Å². The minimum absolute atomic E-state index is 0.0442. The summed E-state index contributed by atoms with van der Waals surface area (Å²) in [5.74, 6) is -0.0442. The van der Waals surface area contributed by atoms with Crippen molar-refractivity contribution in [3.05, 3.63) is 47.8 Å². The number of hydrogen-bond acceptors (Lipinski definition) is 4. The van der Waals surface area contributed by atoms with Crippen molar-refractivity contribution in [1.82, 2.24) is 19.0 Å². The standard InChI is InChI=1S/C18H24N4O3S/c1-14-5-6-17(15(2)13-14)26(24,25)21-11-9-20(10-12-21)18(23)16(3)22-8-4-7-19-22/h4-8,13,16H,9-12H2,1-3H3. The first-order valence-corrected chi connectivity index (χ1v) is 10.1. The summed E-state index contributed by atoms with van der Waals surface area (Å²) in [5.41, 5.74) is 1.78. The molecule has 7 nitrogen and oxygen atoms in total. The monoisotopic (exact) mass is 376 g/mol. The topological polar surface area (TPSA) is 75.5 Å². The lowest BCUT2D eigenvalue weighted by Crippen LogP contribution is -2.51. The van der Waals surface area contributed by atoms with E-state index in [1.807, 2.05) is 26.0 Å². The van der Waals surface area contributed by atoms with Crippen molar-refractivity contribution < 1.29 is 13.2 Å². The second kappa shape index (κ2) is 7.20. The van der Waals surface area contributed by atoms with Gasteiger partial charge in [-0.2, -0.15) is 9.40 Å². The third kappa shape index (κ3) is 3.52. The summed E-state index contributed by atoms with van der Waals surface area (Å²) in [7, 11) is -3.54. The third-order valence-corrected chi connectivity index (χ3v) is 6.84. The second-order valence-corrected chi connectivity index (χ2v) is 8.57. The van der Waals surface area contributed by atoms with Crippen LogP contribution in [0.3, 0.4) is 0 Å². The zero-order chi connectivity index (χ0) is 18.9. The molecule has 0 saturated carbocycles. The normalized spacial score (nSPS) is 17.3. The molecule has 0 radical (unpaired) electrons. The van der Waals surface area contributed by atoms with Crippen LogP contribution in [0, 0.1) is 13.8 Å². The highest BCUT2D eigenvalue weighted by Gasteiger charge is 2.32. The van der Waals surface area contributed by atoms with E-state index in [-0.39, 0.29) is 5.91 Å². The smallest absolute Gasteiger partial charge is 0.247 e. The number of carbonyl (C=O) groups is 1. The molecule has 2 aromatic rings. The van der Waals surface area contributed by atoms with Crippen LogP contribution >= 0.6 is 0 Å². The predicted molar refractivity (Wildman–Crippen MR) is 98.2 cm³/mol. The Hall–Kier alpha value is -2.19. The fraction of sp³-hybridized carbons (Fsp3) is 0.444. The average molecular weight is 376 g/mol. The van der Waals surface area contributed by atoms with Gasteiger partial charge in [0.15, 0.2) is 0 Å². The van der Waals surface area contributed by atoms with E-state index in [0.717, 1.165) is 11.1 Å². The summed E-state index contributed by atoms with van der Waals surface area (Å²) < 4.78 is 28.9. The lowest BCUT2D eigenvalue weighted by atomic mass is 10.2. The minimum Gasteiger partial charge on any atom is -0.338 e. The Morgan fingerprint density at radius 3 is 2.42 bits per heavy atom. The minimum atomic E-state index is -3.54. The molecule has 1 saturated heterocycles. The molecule has 1 aliphatic heterocycles. The zero-order valence-electron chi connectivity index (χ0n) is 15.3.